The second kappa shape index (κ2) is 7.99. The van der Waals surface area contributed by atoms with Crippen LogP contribution in [0.5, 0.6) is 5.75 Å². The van der Waals surface area contributed by atoms with E-state index < -0.39 is 9.84 Å². The summed E-state index contributed by atoms with van der Waals surface area (Å²) in [6.45, 7) is 1.38. The minimum Gasteiger partial charge on any atom is -0.493 e. The first kappa shape index (κ1) is 17.5. The van der Waals surface area contributed by atoms with Crippen LogP contribution in [0.3, 0.4) is 0 Å². The van der Waals surface area contributed by atoms with Crippen LogP contribution in [0, 0.1) is 0 Å². The van der Waals surface area contributed by atoms with E-state index in [1.54, 1.807) is 24.1 Å². The van der Waals surface area contributed by atoms with Crippen LogP contribution in [0.25, 0.3) is 0 Å². The van der Waals surface area contributed by atoms with Gasteiger partial charge in [0.1, 0.15) is 5.75 Å². The van der Waals surface area contributed by atoms with Gasteiger partial charge >= 0.3 is 0 Å². The Morgan fingerprint density at radius 3 is 2.71 bits per heavy atom. The minimum atomic E-state index is -3.26. The SMILES string of the molecule is CN(CCCN)C(=O)CCOc1cccc(S(C)(=O)=O)c1. The summed E-state index contributed by atoms with van der Waals surface area (Å²) < 4.78 is 28.3. The molecule has 2 N–H and O–H groups in total. The lowest BCUT2D eigenvalue weighted by Crippen LogP contribution is -2.30. The number of carbonyl (C=O) groups is 1. The second-order valence-corrected chi connectivity index (χ2v) is 6.82. The summed E-state index contributed by atoms with van der Waals surface area (Å²) in [4.78, 5) is 13.6. The minimum absolute atomic E-state index is 0.0253. The fourth-order valence-electron chi connectivity index (χ4n) is 1.69. The number of nitrogens with two attached hydrogens (primary N) is 1. The topological polar surface area (TPSA) is 89.7 Å². The molecular formula is C14H22N2O4S. The Balaban J connectivity index is 2.48. The molecule has 1 rings (SSSR count). The van der Waals surface area contributed by atoms with Crippen LogP contribution in [0.1, 0.15) is 12.8 Å². The lowest BCUT2D eigenvalue weighted by molar-refractivity contribution is -0.130. The van der Waals surface area contributed by atoms with Gasteiger partial charge in [0.25, 0.3) is 0 Å². The molecule has 1 amide bonds. The van der Waals surface area contributed by atoms with Crippen LogP contribution in [0.15, 0.2) is 29.2 Å². The average Bonchev–Trinajstić information content (AvgIpc) is 2.44. The molecule has 1 aromatic rings. The summed E-state index contributed by atoms with van der Waals surface area (Å²) in [6, 6.07) is 6.24. The van der Waals surface area contributed by atoms with Gasteiger partial charge in [-0.3, -0.25) is 4.79 Å². The predicted octanol–water partition coefficient (Wildman–Crippen LogP) is 0.666. The van der Waals surface area contributed by atoms with Crippen LogP contribution in [0.4, 0.5) is 0 Å². The maximum absolute atomic E-state index is 11.8. The molecule has 0 atom stereocenters. The number of benzene rings is 1. The summed E-state index contributed by atoms with van der Waals surface area (Å²) in [5, 5.41) is 0. The highest BCUT2D eigenvalue weighted by Crippen LogP contribution is 2.17. The van der Waals surface area contributed by atoms with Crippen LogP contribution in [-0.2, 0) is 14.6 Å². The highest BCUT2D eigenvalue weighted by molar-refractivity contribution is 7.90. The summed E-state index contributed by atoms with van der Waals surface area (Å²) in [5.74, 6) is 0.415. The Labute approximate surface area is 125 Å². The molecule has 0 heterocycles. The van der Waals surface area contributed by atoms with E-state index in [9.17, 15) is 13.2 Å². The average molecular weight is 314 g/mol. The van der Waals surface area contributed by atoms with Crippen molar-refractivity contribution >= 4 is 15.7 Å². The molecule has 1 aromatic carbocycles. The van der Waals surface area contributed by atoms with E-state index in [1.165, 1.54) is 12.1 Å². The van der Waals surface area contributed by atoms with Gasteiger partial charge in [-0.05, 0) is 31.2 Å². The van der Waals surface area contributed by atoms with E-state index in [1.807, 2.05) is 0 Å². The van der Waals surface area contributed by atoms with Crippen LogP contribution in [0.2, 0.25) is 0 Å². The molecule has 0 unspecified atom stereocenters. The standard InChI is InChI=1S/C14H22N2O4S/c1-16(9-4-8-15)14(17)7-10-20-12-5-3-6-13(11-12)21(2,18)19/h3,5-6,11H,4,7-10,15H2,1-2H3. The van der Waals surface area contributed by atoms with Crippen molar-refractivity contribution in [3.05, 3.63) is 24.3 Å². The maximum atomic E-state index is 11.8. The summed E-state index contributed by atoms with van der Waals surface area (Å²) in [6.07, 6.45) is 2.14. The number of carbonyl (C=O) groups excluding carboxylic acids is 1. The van der Waals surface area contributed by atoms with Crippen molar-refractivity contribution in [1.82, 2.24) is 4.90 Å². The molecular weight excluding hydrogens is 292 g/mol. The van der Waals surface area contributed by atoms with Gasteiger partial charge in [0.15, 0.2) is 9.84 Å². The Kier molecular flexibility index (Phi) is 6.64. The number of hydrogen-bond donors (Lipinski definition) is 1. The Bertz CT molecular complexity index is 572. The number of sulfone groups is 1. The van der Waals surface area contributed by atoms with Crippen molar-refractivity contribution in [2.24, 2.45) is 5.73 Å². The van der Waals surface area contributed by atoms with Gasteiger partial charge in [0.2, 0.25) is 5.91 Å². The molecule has 21 heavy (non-hydrogen) atoms. The number of nitrogens with zero attached hydrogens (tertiary/aromatic N) is 1. The molecule has 0 saturated heterocycles. The van der Waals surface area contributed by atoms with E-state index in [4.69, 9.17) is 10.5 Å². The first-order valence-electron chi connectivity index (χ1n) is 6.71. The summed E-state index contributed by atoms with van der Waals surface area (Å²) in [5.41, 5.74) is 5.39. The zero-order valence-electron chi connectivity index (χ0n) is 12.4. The third-order valence-electron chi connectivity index (χ3n) is 2.94. The van der Waals surface area contributed by atoms with Crippen LogP contribution in [-0.4, -0.2) is 52.2 Å². The number of amides is 1. The summed E-state index contributed by atoms with van der Waals surface area (Å²) >= 11 is 0. The van der Waals surface area contributed by atoms with Gasteiger partial charge in [0, 0.05) is 19.8 Å². The largest absolute Gasteiger partial charge is 0.493 e. The molecule has 118 valence electrons. The zero-order chi connectivity index (χ0) is 15.9. The normalized spacial score (nSPS) is 11.2. The van der Waals surface area contributed by atoms with Crippen molar-refractivity contribution in [2.75, 3.05) is 33.0 Å². The highest BCUT2D eigenvalue weighted by atomic mass is 32.2. The number of hydrogen-bond acceptors (Lipinski definition) is 5. The van der Waals surface area contributed by atoms with Gasteiger partial charge in [-0.1, -0.05) is 6.07 Å². The van der Waals surface area contributed by atoms with E-state index in [2.05, 4.69) is 0 Å². The third-order valence-corrected chi connectivity index (χ3v) is 4.05. The molecule has 0 saturated carbocycles. The molecule has 0 bridgehead atoms. The van der Waals surface area contributed by atoms with Crippen molar-refractivity contribution in [3.63, 3.8) is 0 Å². The van der Waals surface area contributed by atoms with Gasteiger partial charge in [-0.25, -0.2) is 8.42 Å². The van der Waals surface area contributed by atoms with E-state index in [-0.39, 0.29) is 23.8 Å². The Morgan fingerprint density at radius 2 is 2.10 bits per heavy atom. The van der Waals surface area contributed by atoms with Crippen LogP contribution >= 0.6 is 0 Å². The zero-order valence-corrected chi connectivity index (χ0v) is 13.2. The van der Waals surface area contributed by atoms with Crippen molar-refractivity contribution in [2.45, 2.75) is 17.7 Å². The van der Waals surface area contributed by atoms with Gasteiger partial charge in [-0.2, -0.15) is 0 Å². The van der Waals surface area contributed by atoms with Gasteiger partial charge in [-0.15, -0.1) is 0 Å². The molecule has 0 fully saturated rings. The fraction of sp³-hybridized carbons (Fsp3) is 0.500. The fourth-order valence-corrected chi connectivity index (χ4v) is 2.35. The monoisotopic (exact) mass is 314 g/mol. The van der Waals surface area contributed by atoms with Crippen molar-refractivity contribution < 1.29 is 17.9 Å². The third kappa shape index (κ3) is 6.14. The molecule has 0 aliphatic carbocycles. The quantitative estimate of drug-likeness (QED) is 0.761. The first-order chi connectivity index (χ1) is 9.84. The van der Waals surface area contributed by atoms with Gasteiger partial charge < -0.3 is 15.4 Å². The van der Waals surface area contributed by atoms with E-state index in [0.29, 0.717) is 18.8 Å². The van der Waals surface area contributed by atoms with Crippen LogP contribution < -0.4 is 10.5 Å². The highest BCUT2D eigenvalue weighted by Gasteiger charge is 2.10. The maximum Gasteiger partial charge on any atom is 0.225 e. The predicted molar refractivity (Wildman–Crippen MR) is 81.0 cm³/mol. The van der Waals surface area contributed by atoms with E-state index >= 15 is 0 Å². The smallest absolute Gasteiger partial charge is 0.225 e. The molecule has 0 radical (unpaired) electrons. The number of rotatable bonds is 8. The second-order valence-electron chi connectivity index (χ2n) is 4.80. The van der Waals surface area contributed by atoms with Crippen molar-refractivity contribution in [1.29, 1.82) is 0 Å². The molecule has 6 nitrogen and oxygen atoms in total. The molecule has 0 aliphatic heterocycles. The number of ether oxygens (including phenoxy) is 1. The first-order valence-corrected chi connectivity index (χ1v) is 8.60. The molecule has 0 aliphatic rings. The molecule has 0 spiro atoms. The lowest BCUT2D eigenvalue weighted by atomic mass is 10.3. The molecule has 7 heteroatoms. The van der Waals surface area contributed by atoms with Crippen molar-refractivity contribution in [3.8, 4) is 5.75 Å². The van der Waals surface area contributed by atoms with Gasteiger partial charge in [0.05, 0.1) is 17.9 Å². The Morgan fingerprint density at radius 1 is 1.38 bits per heavy atom. The summed E-state index contributed by atoms with van der Waals surface area (Å²) in [7, 11) is -1.53. The lowest BCUT2D eigenvalue weighted by Gasteiger charge is -2.16. The Hall–Kier alpha value is -1.60. The van der Waals surface area contributed by atoms with E-state index in [0.717, 1.165) is 12.7 Å². The molecule has 0 aromatic heterocycles.